The Morgan fingerprint density at radius 3 is 2.64 bits per heavy atom. The second-order valence-electron chi connectivity index (χ2n) is 5.48. The summed E-state index contributed by atoms with van der Waals surface area (Å²) in [6.45, 7) is 2.42. The first-order chi connectivity index (χ1) is 11.7. The van der Waals surface area contributed by atoms with Crippen LogP contribution in [0.3, 0.4) is 0 Å². The molecular weight excluding hydrogens is 346 g/mol. The summed E-state index contributed by atoms with van der Waals surface area (Å²) in [6.07, 6.45) is 1.21. The normalized spacial score (nSPS) is 12.9. The van der Waals surface area contributed by atoms with Gasteiger partial charge in [-0.25, -0.2) is 8.42 Å². The van der Waals surface area contributed by atoms with E-state index < -0.39 is 22.0 Å². The predicted molar refractivity (Wildman–Crippen MR) is 91.4 cm³/mol. The standard InChI is InChI=1S/C16H19N3O5S/c1-11(16(21)22)19(8-7-17-12(2)20)25(23,24)14-9-13-5-3-4-6-15(13)18-10-14/h3-6,9-11H,7-8H2,1-2H3,(H,17,20)(H,21,22). The minimum absolute atomic E-state index is 0.00714. The molecule has 1 aromatic carbocycles. The maximum atomic E-state index is 12.9. The van der Waals surface area contributed by atoms with Crippen molar-refractivity contribution in [1.82, 2.24) is 14.6 Å². The molecule has 0 radical (unpaired) electrons. The van der Waals surface area contributed by atoms with Crippen molar-refractivity contribution in [3.05, 3.63) is 36.5 Å². The van der Waals surface area contributed by atoms with Crippen LogP contribution < -0.4 is 5.32 Å². The van der Waals surface area contributed by atoms with E-state index in [9.17, 15) is 23.1 Å². The molecule has 0 fully saturated rings. The van der Waals surface area contributed by atoms with E-state index in [4.69, 9.17) is 0 Å². The summed E-state index contributed by atoms with van der Waals surface area (Å²) < 4.78 is 26.7. The zero-order valence-electron chi connectivity index (χ0n) is 13.8. The Kier molecular flexibility index (Phi) is 5.70. The third-order valence-electron chi connectivity index (χ3n) is 3.67. The Hall–Kier alpha value is -2.52. The molecule has 134 valence electrons. The predicted octanol–water partition coefficient (Wildman–Crippen LogP) is 0.835. The first-order valence-corrected chi connectivity index (χ1v) is 9.01. The van der Waals surface area contributed by atoms with Gasteiger partial charge < -0.3 is 10.4 Å². The summed E-state index contributed by atoms with van der Waals surface area (Å²) in [7, 11) is -4.10. The molecule has 1 amide bonds. The first-order valence-electron chi connectivity index (χ1n) is 7.57. The molecule has 0 spiro atoms. The molecule has 0 aliphatic carbocycles. The highest BCUT2D eigenvalue weighted by Gasteiger charge is 2.33. The van der Waals surface area contributed by atoms with Crippen LogP contribution in [0.5, 0.6) is 0 Å². The quantitative estimate of drug-likeness (QED) is 0.751. The molecule has 2 rings (SSSR count). The number of carbonyl (C=O) groups excluding carboxylic acids is 1. The number of para-hydroxylation sites is 1. The second kappa shape index (κ2) is 7.58. The Morgan fingerprint density at radius 1 is 1.32 bits per heavy atom. The van der Waals surface area contributed by atoms with Crippen molar-refractivity contribution in [3.8, 4) is 0 Å². The number of nitrogens with one attached hydrogen (secondary N) is 1. The van der Waals surface area contributed by atoms with E-state index in [0.717, 1.165) is 4.31 Å². The van der Waals surface area contributed by atoms with Crippen LogP contribution in [0.1, 0.15) is 13.8 Å². The lowest BCUT2D eigenvalue weighted by atomic mass is 10.2. The van der Waals surface area contributed by atoms with Gasteiger partial charge >= 0.3 is 5.97 Å². The summed E-state index contributed by atoms with van der Waals surface area (Å²) in [4.78, 5) is 26.3. The van der Waals surface area contributed by atoms with Crippen LogP contribution in [-0.2, 0) is 19.6 Å². The average molecular weight is 365 g/mol. The Balaban J connectivity index is 2.40. The van der Waals surface area contributed by atoms with E-state index >= 15 is 0 Å². The third kappa shape index (κ3) is 4.31. The SMILES string of the molecule is CC(=O)NCCN(C(C)C(=O)O)S(=O)(=O)c1cnc2ccccc2c1. The number of hydrogen-bond donors (Lipinski definition) is 2. The molecule has 1 aromatic heterocycles. The van der Waals surface area contributed by atoms with E-state index in [1.165, 1.54) is 26.1 Å². The van der Waals surface area contributed by atoms with Crippen molar-refractivity contribution in [2.24, 2.45) is 0 Å². The van der Waals surface area contributed by atoms with Gasteiger partial charge in [-0.2, -0.15) is 4.31 Å². The van der Waals surface area contributed by atoms with Gasteiger partial charge in [-0.3, -0.25) is 14.6 Å². The molecule has 2 N–H and O–H groups in total. The van der Waals surface area contributed by atoms with Gasteiger partial charge in [0.1, 0.15) is 10.9 Å². The number of carbonyl (C=O) groups is 2. The summed E-state index contributed by atoms with van der Waals surface area (Å²) >= 11 is 0. The van der Waals surface area contributed by atoms with E-state index in [0.29, 0.717) is 10.9 Å². The zero-order chi connectivity index (χ0) is 18.6. The van der Waals surface area contributed by atoms with Gasteiger partial charge in [-0.15, -0.1) is 0 Å². The highest BCUT2D eigenvalue weighted by molar-refractivity contribution is 7.89. The molecular formula is C16H19N3O5S. The number of hydrogen-bond acceptors (Lipinski definition) is 5. The van der Waals surface area contributed by atoms with Crippen molar-refractivity contribution < 1.29 is 23.1 Å². The number of benzene rings is 1. The van der Waals surface area contributed by atoms with Crippen LogP contribution in [0.4, 0.5) is 0 Å². The van der Waals surface area contributed by atoms with Crippen LogP contribution in [0.25, 0.3) is 10.9 Å². The van der Waals surface area contributed by atoms with Crippen LogP contribution in [0.15, 0.2) is 41.4 Å². The number of carboxylic acid groups (broad SMARTS) is 1. The van der Waals surface area contributed by atoms with Crippen molar-refractivity contribution in [3.63, 3.8) is 0 Å². The Bertz CT molecular complexity index is 898. The number of amides is 1. The van der Waals surface area contributed by atoms with E-state index in [1.54, 1.807) is 24.3 Å². The lowest BCUT2D eigenvalue weighted by Crippen LogP contribution is -2.46. The summed E-state index contributed by atoms with van der Waals surface area (Å²) in [6, 6.07) is 7.19. The van der Waals surface area contributed by atoms with E-state index in [1.807, 2.05) is 0 Å². The van der Waals surface area contributed by atoms with Gasteiger partial charge in [0.25, 0.3) is 0 Å². The molecule has 0 bridgehead atoms. The molecule has 1 atom stereocenters. The molecule has 1 heterocycles. The number of sulfonamides is 1. The lowest BCUT2D eigenvalue weighted by molar-refractivity contribution is -0.140. The molecule has 8 nitrogen and oxygen atoms in total. The fourth-order valence-corrected chi connectivity index (χ4v) is 3.89. The first kappa shape index (κ1) is 18.8. The Labute approximate surface area is 145 Å². The minimum Gasteiger partial charge on any atom is -0.480 e. The zero-order valence-corrected chi connectivity index (χ0v) is 14.7. The molecule has 0 aliphatic rings. The summed E-state index contributed by atoms with van der Waals surface area (Å²) in [5, 5.41) is 12.3. The van der Waals surface area contributed by atoms with Crippen LogP contribution >= 0.6 is 0 Å². The van der Waals surface area contributed by atoms with Gasteiger partial charge in [0.05, 0.1) is 5.52 Å². The maximum absolute atomic E-state index is 12.9. The largest absolute Gasteiger partial charge is 0.480 e. The summed E-state index contributed by atoms with van der Waals surface area (Å²) in [5.74, 6) is -1.60. The molecule has 0 saturated heterocycles. The number of aliphatic carboxylic acids is 1. The van der Waals surface area contributed by atoms with Gasteiger partial charge in [0, 0.05) is 31.6 Å². The van der Waals surface area contributed by atoms with Gasteiger partial charge in [0.15, 0.2) is 0 Å². The number of aromatic nitrogens is 1. The lowest BCUT2D eigenvalue weighted by Gasteiger charge is -2.25. The minimum atomic E-state index is -4.10. The molecule has 2 aromatic rings. The third-order valence-corrected chi connectivity index (χ3v) is 5.60. The molecule has 9 heteroatoms. The highest BCUT2D eigenvalue weighted by atomic mass is 32.2. The van der Waals surface area contributed by atoms with Crippen molar-refractivity contribution in [2.75, 3.05) is 13.1 Å². The number of nitrogens with zero attached hydrogens (tertiary/aromatic N) is 2. The number of pyridine rings is 1. The highest BCUT2D eigenvalue weighted by Crippen LogP contribution is 2.21. The molecule has 0 saturated carbocycles. The topological polar surface area (TPSA) is 117 Å². The monoisotopic (exact) mass is 365 g/mol. The summed E-state index contributed by atoms with van der Waals surface area (Å²) in [5.41, 5.74) is 0.637. The number of fused-ring (bicyclic) bond motifs is 1. The number of carboxylic acids is 1. The average Bonchev–Trinajstić information content (AvgIpc) is 2.57. The fourth-order valence-electron chi connectivity index (χ4n) is 2.31. The Morgan fingerprint density at radius 2 is 2.00 bits per heavy atom. The van der Waals surface area contributed by atoms with Gasteiger partial charge in [0.2, 0.25) is 15.9 Å². The second-order valence-corrected chi connectivity index (χ2v) is 7.37. The molecule has 0 aliphatic heterocycles. The van der Waals surface area contributed by atoms with Crippen molar-refractivity contribution in [2.45, 2.75) is 24.8 Å². The van der Waals surface area contributed by atoms with Crippen LogP contribution in [-0.4, -0.2) is 53.8 Å². The van der Waals surface area contributed by atoms with Gasteiger partial charge in [-0.05, 0) is 19.1 Å². The fraction of sp³-hybridized carbons (Fsp3) is 0.312. The van der Waals surface area contributed by atoms with E-state index in [2.05, 4.69) is 10.3 Å². The smallest absolute Gasteiger partial charge is 0.321 e. The van der Waals surface area contributed by atoms with Crippen molar-refractivity contribution >= 4 is 32.8 Å². The maximum Gasteiger partial charge on any atom is 0.321 e. The van der Waals surface area contributed by atoms with Crippen molar-refractivity contribution in [1.29, 1.82) is 0 Å². The molecule has 1 unspecified atom stereocenters. The van der Waals surface area contributed by atoms with E-state index in [-0.39, 0.29) is 23.9 Å². The van der Waals surface area contributed by atoms with Crippen LogP contribution in [0, 0.1) is 0 Å². The van der Waals surface area contributed by atoms with Crippen LogP contribution in [0.2, 0.25) is 0 Å². The van der Waals surface area contributed by atoms with Gasteiger partial charge in [-0.1, -0.05) is 18.2 Å². The number of rotatable bonds is 7. The molecule has 25 heavy (non-hydrogen) atoms.